The van der Waals surface area contributed by atoms with Gasteiger partial charge in [-0.1, -0.05) is 13.8 Å². The van der Waals surface area contributed by atoms with Gasteiger partial charge < -0.3 is 0 Å². The molecule has 0 aromatic heterocycles. The molecule has 0 aliphatic rings. The van der Waals surface area contributed by atoms with E-state index in [0.717, 1.165) is 0 Å². The van der Waals surface area contributed by atoms with Crippen LogP contribution < -0.4 is 0 Å². The zero-order valence-corrected chi connectivity index (χ0v) is 10.7. The molecular weight excluding hydrogens is 191 g/mol. The molecule has 0 rings (SSSR count). The van der Waals surface area contributed by atoms with Gasteiger partial charge in [0.05, 0.1) is 13.2 Å². The molecule has 69 valence electrons. The summed E-state index contributed by atoms with van der Waals surface area (Å²) in [5, 5.41) is 0. The molecule has 0 spiro atoms. The molecule has 1 radical (unpaired) electrons. The van der Waals surface area contributed by atoms with Crippen molar-refractivity contribution >= 4 is 40.0 Å². The minimum atomic E-state index is -3.71. The van der Waals surface area contributed by atoms with Gasteiger partial charge in [0.1, 0.15) is 0 Å². The van der Waals surface area contributed by atoms with E-state index in [9.17, 15) is 8.42 Å². The van der Waals surface area contributed by atoms with Crippen molar-refractivity contribution in [1.29, 1.82) is 0 Å². The van der Waals surface area contributed by atoms with E-state index in [4.69, 9.17) is 0 Å². The molecule has 0 aliphatic heterocycles. The quantitative estimate of drug-likeness (QED) is 0.599. The number of hydrogen-bond donors (Lipinski definition) is 0. The summed E-state index contributed by atoms with van der Waals surface area (Å²) in [6, 6.07) is 0. The maximum atomic E-state index is 10.7. The molecule has 6 heteroatoms. The molecule has 0 fully saturated rings. The number of rotatable bonds is 6. The van der Waals surface area contributed by atoms with Gasteiger partial charge in [0.2, 0.25) is 0 Å². The van der Waals surface area contributed by atoms with Gasteiger partial charge >= 0.3 is 10.4 Å². The Kier molecular flexibility index (Phi) is 10.8. The van der Waals surface area contributed by atoms with Crippen LogP contribution in [0, 0.1) is 0 Å². The Bertz CT molecular complexity index is 164. The van der Waals surface area contributed by atoms with Crippen LogP contribution in [-0.2, 0) is 18.8 Å². The van der Waals surface area contributed by atoms with Crippen LogP contribution >= 0.6 is 0 Å². The maximum absolute atomic E-state index is 10.7. The van der Waals surface area contributed by atoms with Gasteiger partial charge in [-0.2, -0.15) is 8.42 Å². The van der Waals surface area contributed by atoms with Crippen LogP contribution in [0.3, 0.4) is 0 Å². The van der Waals surface area contributed by atoms with Crippen LogP contribution in [0.5, 0.6) is 0 Å². The first kappa shape index (κ1) is 15.3. The van der Waals surface area contributed by atoms with Crippen molar-refractivity contribution in [1.82, 2.24) is 0 Å². The normalized spacial score (nSPS) is 10.8. The van der Waals surface area contributed by atoms with Gasteiger partial charge in [0, 0.05) is 29.6 Å². The minimum Gasteiger partial charge on any atom is -0.248 e. The van der Waals surface area contributed by atoms with Crippen LogP contribution in [0.1, 0.15) is 26.7 Å². The Morgan fingerprint density at radius 1 is 1.00 bits per heavy atom. The Labute approximate surface area is 96.2 Å². The fraction of sp³-hybridized carbons (Fsp3) is 1.00. The first-order valence-electron chi connectivity index (χ1n) is 3.66. The second-order valence-corrected chi connectivity index (χ2v) is 3.34. The molecular formula is C6H14NaO4S. The van der Waals surface area contributed by atoms with E-state index in [0.29, 0.717) is 12.8 Å². The molecule has 0 bridgehead atoms. The fourth-order valence-corrected chi connectivity index (χ4v) is 1.21. The second kappa shape index (κ2) is 8.47. The summed E-state index contributed by atoms with van der Waals surface area (Å²) in [5.41, 5.74) is 0. The molecule has 0 aliphatic carbocycles. The van der Waals surface area contributed by atoms with Crippen LogP contribution in [0.4, 0.5) is 0 Å². The molecule has 12 heavy (non-hydrogen) atoms. The third-order valence-electron chi connectivity index (χ3n) is 0.864. The topological polar surface area (TPSA) is 52.6 Å². The van der Waals surface area contributed by atoms with E-state index in [1.54, 1.807) is 0 Å². The van der Waals surface area contributed by atoms with Crippen molar-refractivity contribution in [2.45, 2.75) is 26.7 Å². The van der Waals surface area contributed by atoms with E-state index in [-0.39, 0.29) is 42.8 Å². The average Bonchev–Trinajstić information content (AvgIpc) is 1.97. The maximum Gasteiger partial charge on any atom is 0.399 e. The minimum absolute atomic E-state index is 0. The first-order chi connectivity index (χ1) is 5.12. The van der Waals surface area contributed by atoms with Crippen LogP contribution in [0.2, 0.25) is 0 Å². The summed E-state index contributed by atoms with van der Waals surface area (Å²) in [5.74, 6) is 0. The smallest absolute Gasteiger partial charge is 0.248 e. The third kappa shape index (κ3) is 8.96. The van der Waals surface area contributed by atoms with Gasteiger partial charge in [0.15, 0.2) is 0 Å². The number of hydrogen-bond acceptors (Lipinski definition) is 4. The van der Waals surface area contributed by atoms with E-state index < -0.39 is 10.4 Å². The van der Waals surface area contributed by atoms with Crippen molar-refractivity contribution < 1.29 is 16.8 Å². The molecule has 0 saturated heterocycles. The molecule has 4 nitrogen and oxygen atoms in total. The summed E-state index contributed by atoms with van der Waals surface area (Å²) in [6.45, 7) is 4.03. The molecule has 0 N–H and O–H groups in total. The van der Waals surface area contributed by atoms with Gasteiger partial charge in [-0.25, -0.2) is 8.37 Å². The van der Waals surface area contributed by atoms with Crippen molar-refractivity contribution in [3.8, 4) is 0 Å². The third-order valence-corrected chi connectivity index (χ3v) is 1.77. The molecule has 0 aromatic carbocycles. The monoisotopic (exact) mass is 205 g/mol. The summed E-state index contributed by atoms with van der Waals surface area (Å²) < 4.78 is 30.3. The Balaban J connectivity index is 0. The van der Waals surface area contributed by atoms with Gasteiger partial charge in [0.25, 0.3) is 0 Å². The summed E-state index contributed by atoms with van der Waals surface area (Å²) >= 11 is 0. The molecule has 0 heterocycles. The fourth-order valence-electron chi connectivity index (χ4n) is 0.405. The van der Waals surface area contributed by atoms with Crippen molar-refractivity contribution in [3.63, 3.8) is 0 Å². The molecule has 0 atom stereocenters. The van der Waals surface area contributed by atoms with Gasteiger partial charge in [-0.15, -0.1) is 0 Å². The van der Waals surface area contributed by atoms with E-state index in [1.807, 2.05) is 13.8 Å². The van der Waals surface area contributed by atoms with Gasteiger partial charge in [-0.3, -0.25) is 0 Å². The van der Waals surface area contributed by atoms with E-state index in [2.05, 4.69) is 8.37 Å². The summed E-state index contributed by atoms with van der Waals surface area (Å²) in [6.07, 6.45) is 1.32. The second-order valence-electron chi connectivity index (χ2n) is 2.05. The molecule has 0 amide bonds. The Morgan fingerprint density at radius 3 is 1.58 bits per heavy atom. The first-order valence-corrected chi connectivity index (χ1v) is 4.99. The summed E-state index contributed by atoms with van der Waals surface area (Å²) in [7, 11) is -3.71. The zero-order chi connectivity index (χ0) is 8.74. The molecule has 0 saturated carbocycles. The predicted octanol–water partition coefficient (Wildman–Crippen LogP) is 0.704. The van der Waals surface area contributed by atoms with Crippen molar-refractivity contribution in [2.75, 3.05) is 13.2 Å². The van der Waals surface area contributed by atoms with E-state index >= 15 is 0 Å². The largest absolute Gasteiger partial charge is 0.399 e. The Morgan fingerprint density at radius 2 is 1.33 bits per heavy atom. The SMILES string of the molecule is CCCOS(=O)(=O)OCCC.[Na]. The predicted molar refractivity (Wildman–Crippen MR) is 47.2 cm³/mol. The van der Waals surface area contributed by atoms with E-state index in [1.165, 1.54) is 0 Å². The molecule has 0 unspecified atom stereocenters. The van der Waals surface area contributed by atoms with Crippen molar-refractivity contribution in [2.24, 2.45) is 0 Å². The summed E-state index contributed by atoms with van der Waals surface area (Å²) in [4.78, 5) is 0. The zero-order valence-electron chi connectivity index (χ0n) is 7.87. The standard InChI is InChI=1S/C6H14O4S.Na/c1-3-5-9-11(7,8)10-6-4-2;/h3-6H2,1-2H3;. The molecule has 0 aromatic rings. The van der Waals surface area contributed by atoms with Crippen molar-refractivity contribution in [3.05, 3.63) is 0 Å². The van der Waals surface area contributed by atoms with Crippen LogP contribution in [0.15, 0.2) is 0 Å². The average molecular weight is 205 g/mol. The van der Waals surface area contributed by atoms with Crippen LogP contribution in [-0.4, -0.2) is 51.2 Å². The van der Waals surface area contributed by atoms with Crippen LogP contribution in [0.25, 0.3) is 0 Å². The Hall–Kier alpha value is 0.870. The van der Waals surface area contributed by atoms with Gasteiger partial charge in [-0.05, 0) is 12.8 Å².